The van der Waals surface area contributed by atoms with Gasteiger partial charge in [0.15, 0.2) is 0 Å². The maximum Gasteiger partial charge on any atom is 0.284 e. The van der Waals surface area contributed by atoms with E-state index in [4.69, 9.17) is 10.5 Å². The molecule has 0 spiro atoms. The summed E-state index contributed by atoms with van der Waals surface area (Å²) in [4.78, 5) is 7.45. The second-order valence-electron chi connectivity index (χ2n) is 6.73. The molecular weight excluding hydrogens is 362 g/mol. The second kappa shape index (κ2) is 8.47. The van der Waals surface area contributed by atoms with Gasteiger partial charge >= 0.3 is 0 Å². The summed E-state index contributed by atoms with van der Waals surface area (Å²) in [5, 5.41) is 0. The number of ether oxygens (including phenoxy) is 1. The van der Waals surface area contributed by atoms with Crippen LogP contribution in [0.5, 0.6) is 5.75 Å². The van der Waals surface area contributed by atoms with Crippen molar-refractivity contribution in [2.45, 2.75) is 38.7 Å². The van der Waals surface area contributed by atoms with E-state index >= 15 is 0 Å². The highest BCUT2D eigenvalue weighted by Gasteiger charge is 2.23. The normalized spacial score (nSPS) is 13.7. The molecule has 0 amide bonds. The average molecular weight is 383 g/mol. The van der Waals surface area contributed by atoms with Crippen molar-refractivity contribution in [3.05, 3.63) is 54.0 Å². The first-order valence-electron chi connectivity index (χ1n) is 8.18. The lowest BCUT2D eigenvalue weighted by Gasteiger charge is -2.25. The van der Waals surface area contributed by atoms with Crippen molar-refractivity contribution in [2.75, 3.05) is 6.61 Å². The van der Waals surface area contributed by atoms with Gasteiger partial charge in [-0.05, 0) is 44.5 Å². The average Bonchev–Trinajstić information content (AvgIpc) is 2.58. The number of aromatic nitrogens is 2. The van der Waals surface area contributed by atoms with Crippen LogP contribution in [0.25, 0.3) is 11.3 Å². The zero-order valence-corrected chi connectivity index (χ0v) is 15.1. The van der Waals surface area contributed by atoms with E-state index in [0.717, 1.165) is 11.6 Å². The Morgan fingerprint density at radius 1 is 1.22 bits per heavy atom. The number of alkyl halides is 4. The molecule has 8 heteroatoms. The largest absolute Gasteiger partial charge is 0.490 e. The number of halogens is 4. The van der Waals surface area contributed by atoms with Crippen LogP contribution in [0.2, 0.25) is 0 Å². The van der Waals surface area contributed by atoms with E-state index in [0.29, 0.717) is 6.42 Å². The molecule has 146 valence electrons. The molecule has 0 aromatic carbocycles. The van der Waals surface area contributed by atoms with Crippen LogP contribution in [0.15, 0.2) is 42.6 Å². The van der Waals surface area contributed by atoms with Gasteiger partial charge in [0, 0.05) is 11.8 Å². The maximum absolute atomic E-state index is 13.4. The minimum atomic E-state index is -2.90. The lowest BCUT2D eigenvalue weighted by Crippen LogP contribution is -2.42. The van der Waals surface area contributed by atoms with Crippen molar-refractivity contribution in [1.82, 2.24) is 9.97 Å². The van der Waals surface area contributed by atoms with Crippen LogP contribution in [-0.2, 0) is 0 Å². The van der Waals surface area contributed by atoms with Gasteiger partial charge in [0.05, 0.1) is 11.2 Å². The molecule has 27 heavy (non-hydrogen) atoms. The Morgan fingerprint density at radius 3 is 2.52 bits per heavy atom. The monoisotopic (exact) mass is 383 g/mol. The first-order valence-corrected chi connectivity index (χ1v) is 8.18. The number of rotatable bonds is 8. The summed E-state index contributed by atoms with van der Waals surface area (Å²) in [6, 6.07) is 5.31. The molecule has 0 saturated heterocycles. The van der Waals surface area contributed by atoms with E-state index in [1.165, 1.54) is 24.4 Å². The molecule has 2 N–H and O–H groups in total. The topological polar surface area (TPSA) is 61.0 Å². The van der Waals surface area contributed by atoms with Crippen molar-refractivity contribution in [3.8, 4) is 17.0 Å². The number of hydrogen-bond donors (Lipinski definition) is 1. The van der Waals surface area contributed by atoms with Crippen LogP contribution in [0, 0.1) is 0 Å². The van der Waals surface area contributed by atoms with Gasteiger partial charge in [0.1, 0.15) is 23.7 Å². The summed E-state index contributed by atoms with van der Waals surface area (Å²) < 4.78 is 57.9. The summed E-state index contributed by atoms with van der Waals surface area (Å²) in [6.07, 6.45) is -4.02. The fourth-order valence-corrected chi connectivity index (χ4v) is 2.61. The molecule has 0 radical (unpaired) electrons. The molecular formula is C19H21F4N3O. The molecule has 0 aliphatic carbocycles. The molecule has 4 nitrogen and oxygen atoms in total. The van der Waals surface area contributed by atoms with E-state index in [2.05, 4.69) is 16.5 Å². The second-order valence-corrected chi connectivity index (χ2v) is 6.73. The Bertz CT molecular complexity index is 809. The third-order valence-electron chi connectivity index (χ3n) is 3.66. The van der Waals surface area contributed by atoms with Crippen LogP contribution < -0.4 is 10.5 Å². The Hall–Kier alpha value is -2.48. The van der Waals surface area contributed by atoms with E-state index in [1.54, 1.807) is 6.92 Å². The standard InChI is InChI=1S/C19H21F4N3O/c1-11(2)9-19(3,24)10-27-15-5-4-13(26-16(15)18(22)23)12-6-7-25-14(8-12)17(20)21/h4-8,17-18H,1,9-10,24H2,2-3H3/t19-/m0/s1. The maximum atomic E-state index is 13.4. The van der Waals surface area contributed by atoms with Crippen LogP contribution in [-0.4, -0.2) is 22.1 Å². The first-order chi connectivity index (χ1) is 12.6. The summed E-state index contributed by atoms with van der Waals surface area (Å²) in [5.74, 6) is -0.102. The number of hydrogen-bond acceptors (Lipinski definition) is 4. The molecule has 0 aliphatic rings. The fourth-order valence-electron chi connectivity index (χ4n) is 2.61. The summed E-state index contributed by atoms with van der Waals surface area (Å²) in [6.45, 7) is 7.32. The van der Waals surface area contributed by atoms with Crippen LogP contribution in [0.1, 0.15) is 44.5 Å². The van der Waals surface area contributed by atoms with Gasteiger partial charge in [-0.2, -0.15) is 0 Å². The SMILES string of the molecule is C=C(C)C[C@](C)(N)COc1ccc(-c2ccnc(C(F)F)c2)nc1C(F)F. The molecule has 2 heterocycles. The van der Waals surface area contributed by atoms with Gasteiger partial charge in [0.2, 0.25) is 0 Å². The number of nitrogens with zero attached hydrogens (tertiary/aromatic N) is 2. The predicted octanol–water partition coefficient (Wildman–Crippen LogP) is 5.08. The van der Waals surface area contributed by atoms with E-state index < -0.39 is 29.8 Å². The zero-order chi connectivity index (χ0) is 20.2. The van der Waals surface area contributed by atoms with Crippen LogP contribution in [0.4, 0.5) is 17.6 Å². The molecule has 0 saturated carbocycles. The van der Waals surface area contributed by atoms with Gasteiger partial charge in [-0.25, -0.2) is 22.5 Å². The number of nitrogens with two attached hydrogens (primary N) is 1. The van der Waals surface area contributed by atoms with Gasteiger partial charge in [0.25, 0.3) is 12.9 Å². The Kier molecular flexibility index (Phi) is 6.54. The molecule has 2 rings (SSSR count). The van der Waals surface area contributed by atoms with E-state index in [-0.39, 0.29) is 23.6 Å². The van der Waals surface area contributed by atoms with Gasteiger partial charge in [-0.15, -0.1) is 6.58 Å². The van der Waals surface area contributed by atoms with Crippen molar-refractivity contribution >= 4 is 0 Å². The molecule has 0 unspecified atom stereocenters. The minimum Gasteiger partial charge on any atom is -0.490 e. The fraction of sp³-hybridized carbons (Fsp3) is 0.368. The molecule has 0 bridgehead atoms. The summed E-state index contributed by atoms with van der Waals surface area (Å²) in [5.41, 5.74) is 5.52. The lowest BCUT2D eigenvalue weighted by molar-refractivity contribution is 0.136. The third kappa shape index (κ3) is 5.75. The number of pyridine rings is 2. The molecule has 2 aromatic rings. The van der Waals surface area contributed by atoms with E-state index in [1.807, 2.05) is 6.92 Å². The van der Waals surface area contributed by atoms with Crippen molar-refractivity contribution in [3.63, 3.8) is 0 Å². The smallest absolute Gasteiger partial charge is 0.284 e. The molecule has 2 aromatic heterocycles. The van der Waals surface area contributed by atoms with Crippen LogP contribution in [0.3, 0.4) is 0 Å². The lowest BCUT2D eigenvalue weighted by atomic mass is 9.96. The Labute approximate surface area is 155 Å². The van der Waals surface area contributed by atoms with Crippen LogP contribution >= 0.6 is 0 Å². The van der Waals surface area contributed by atoms with Gasteiger partial charge in [-0.3, -0.25) is 4.98 Å². The van der Waals surface area contributed by atoms with E-state index in [9.17, 15) is 17.6 Å². The predicted molar refractivity (Wildman–Crippen MR) is 94.9 cm³/mol. The Morgan fingerprint density at radius 2 is 1.93 bits per heavy atom. The van der Waals surface area contributed by atoms with Gasteiger partial charge in [-0.1, -0.05) is 5.57 Å². The highest BCUT2D eigenvalue weighted by Crippen LogP contribution is 2.31. The quantitative estimate of drug-likeness (QED) is 0.510. The molecule has 1 atom stereocenters. The zero-order valence-electron chi connectivity index (χ0n) is 15.1. The van der Waals surface area contributed by atoms with Crippen molar-refractivity contribution in [1.29, 1.82) is 0 Å². The Balaban J connectivity index is 2.29. The summed E-state index contributed by atoms with van der Waals surface area (Å²) >= 11 is 0. The first kappa shape index (κ1) is 20.8. The summed E-state index contributed by atoms with van der Waals surface area (Å²) in [7, 11) is 0. The molecule has 0 aliphatic heterocycles. The molecule has 0 fully saturated rings. The van der Waals surface area contributed by atoms with Crippen molar-refractivity contribution < 1.29 is 22.3 Å². The minimum absolute atomic E-state index is 0.00854. The van der Waals surface area contributed by atoms with Crippen molar-refractivity contribution in [2.24, 2.45) is 5.73 Å². The highest BCUT2D eigenvalue weighted by atomic mass is 19.3. The third-order valence-corrected chi connectivity index (χ3v) is 3.66. The van der Waals surface area contributed by atoms with Gasteiger partial charge < -0.3 is 10.5 Å². The highest BCUT2D eigenvalue weighted by molar-refractivity contribution is 5.60.